The summed E-state index contributed by atoms with van der Waals surface area (Å²) >= 11 is 3.39. The summed E-state index contributed by atoms with van der Waals surface area (Å²) in [6.07, 6.45) is 2.72. The molecular weight excluding hydrogens is 298 g/mol. The van der Waals surface area contributed by atoms with Crippen LogP contribution in [0.2, 0.25) is 0 Å². The molecule has 0 aliphatic rings. The van der Waals surface area contributed by atoms with Crippen LogP contribution in [0, 0.1) is 0 Å². The molecule has 0 aliphatic carbocycles. The van der Waals surface area contributed by atoms with Crippen molar-refractivity contribution in [1.82, 2.24) is 19.9 Å². The summed E-state index contributed by atoms with van der Waals surface area (Å²) in [5.41, 5.74) is 0.717. The van der Waals surface area contributed by atoms with E-state index in [4.69, 9.17) is 0 Å². The van der Waals surface area contributed by atoms with Gasteiger partial charge in [-0.05, 0) is 34.5 Å². The van der Waals surface area contributed by atoms with Gasteiger partial charge in [0.2, 0.25) is 11.9 Å². The Labute approximate surface area is 113 Å². The van der Waals surface area contributed by atoms with Crippen molar-refractivity contribution in [2.45, 2.75) is 13.3 Å². The summed E-state index contributed by atoms with van der Waals surface area (Å²) in [6.45, 7) is 2.87. The average Bonchev–Trinajstić information content (AvgIpc) is 2.78. The van der Waals surface area contributed by atoms with Crippen molar-refractivity contribution in [2.75, 3.05) is 18.4 Å². The Morgan fingerprint density at radius 3 is 3.11 bits per heavy atom. The van der Waals surface area contributed by atoms with Crippen LogP contribution in [0.4, 0.5) is 5.95 Å². The number of amides is 1. The molecule has 0 unspecified atom stereocenters. The summed E-state index contributed by atoms with van der Waals surface area (Å²) in [5.74, 6) is 0.378. The highest BCUT2D eigenvalue weighted by Gasteiger charge is 2.07. The minimum atomic E-state index is -0.0604. The molecule has 2 N–H and O–H groups in total. The standard InChI is InChI=1S/C11H14BrN5O/c1-2-5-13-9(18)7-14-11-15-10-8(12)4-3-6-17(10)16-11/h3-4,6H,2,5,7H2,1H3,(H,13,18)(H,14,16). The fraction of sp³-hybridized carbons (Fsp3) is 0.364. The van der Waals surface area contributed by atoms with E-state index in [9.17, 15) is 4.79 Å². The second kappa shape index (κ2) is 5.81. The minimum Gasteiger partial charge on any atom is -0.355 e. The van der Waals surface area contributed by atoms with Crippen molar-refractivity contribution in [2.24, 2.45) is 0 Å². The number of carbonyl (C=O) groups excluding carboxylic acids is 1. The normalized spacial score (nSPS) is 10.6. The highest BCUT2D eigenvalue weighted by Crippen LogP contribution is 2.16. The van der Waals surface area contributed by atoms with E-state index >= 15 is 0 Å². The van der Waals surface area contributed by atoms with Crippen LogP contribution in [0.1, 0.15) is 13.3 Å². The first kappa shape index (κ1) is 12.8. The van der Waals surface area contributed by atoms with Crippen molar-refractivity contribution in [3.63, 3.8) is 0 Å². The maximum Gasteiger partial charge on any atom is 0.243 e. The predicted octanol–water partition coefficient (Wildman–Crippen LogP) is 1.43. The summed E-state index contributed by atoms with van der Waals surface area (Å²) in [6, 6.07) is 3.76. The zero-order chi connectivity index (χ0) is 13.0. The Hall–Kier alpha value is -1.63. The number of carbonyl (C=O) groups is 1. The number of nitrogens with zero attached hydrogens (tertiary/aromatic N) is 3. The molecule has 0 radical (unpaired) electrons. The number of halogens is 1. The van der Waals surface area contributed by atoms with E-state index in [1.54, 1.807) is 10.7 Å². The smallest absolute Gasteiger partial charge is 0.243 e. The van der Waals surface area contributed by atoms with Gasteiger partial charge in [-0.15, -0.1) is 5.10 Å². The Bertz CT molecular complexity index is 553. The Morgan fingerprint density at radius 2 is 2.39 bits per heavy atom. The van der Waals surface area contributed by atoms with Gasteiger partial charge >= 0.3 is 0 Å². The van der Waals surface area contributed by atoms with Gasteiger partial charge < -0.3 is 10.6 Å². The molecule has 2 heterocycles. The van der Waals surface area contributed by atoms with Crippen LogP contribution < -0.4 is 10.6 Å². The van der Waals surface area contributed by atoms with Crippen molar-refractivity contribution in [1.29, 1.82) is 0 Å². The Balaban J connectivity index is 2.00. The molecule has 0 aliphatic heterocycles. The number of hydrogen-bond donors (Lipinski definition) is 2. The third-order valence-corrected chi connectivity index (χ3v) is 2.91. The molecule has 7 heteroatoms. The van der Waals surface area contributed by atoms with Gasteiger partial charge in [0.05, 0.1) is 11.0 Å². The molecule has 0 saturated carbocycles. The van der Waals surface area contributed by atoms with Gasteiger partial charge in [0, 0.05) is 12.7 Å². The lowest BCUT2D eigenvalue weighted by Gasteiger charge is -2.02. The van der Waals surface area contributed by atoms with Crippen LogP contribution >= 0.6 is 15.9 Å². The molecule has 0 aromatic carbocycles. The van der Waals surface area contributed by atoms with Crippen LogP contribution in [-0.2, 0) is 4.79 Å². The third kappa shape index (κ3) is 2.98. The van der Waals surface area contributed by atoms with Crippen molar-refractivity contribution in [3.05, 3.63) is 22.8 Å². The lowest BCUT2D eigenvalue weighted by atomic mass is 10.4. The molecule has 0 fully saturated rings. The van der Waals surface area contributed by atoms with E-state index in [1.165, 1.54) is 0 Å². The average molecular weight is 312 g/mol. The van der Waals surface area contributed by atoms with Crippen LogP contribution in [0.3, 0.4) is 0 Å². The minimum absolute atomic E-state index is 0.0604. The number of nitrogens with one attached hydrogen (secondary N) is 2. The number of pyridine rings is 1. The number of rotatable bonds is 5. The topological polar surface area (TPSA) is 71.3 Å². The van der Waals surface area contributed by atoms with Gasteiger partial charge in [-0.25, -0.2) is 4.52 Å². The Kier molecular flexibility index (Phi) is 4.14. The second-order valence-electron chi connectivity index (χ2n) is 3.76. The van der Waals surface area contributed by atoms with E-state index in [2.05, 4.69) is 36.6 Å². The van der Waals surface area contributed by atoms with Crippen LogP contribution in [0.25, 0.3) is 5.65 Å². The lowest BCUT2D eigenvalue weighted by Crippen LogP contribution is -2.30. The number of anilines is 1. The maximum atomic E-state index is 11.4. The number of hydrogen-bond acceptors (Lipinski definition) is 4. The first-order valence-electron chi connectivity index (χ1n) is 5.72. The predicted molar refractivity (Wildman–Crippen MR) is 72.5 cm³/mol. The molecule has 0 saturated heterocycles. The van der Waals surface area contributed by atoms with Crippen molar-refractivity contribution >= 4 is 33.4 Å². The largest absolute Gasteiger partial charge is 0.355 e. The van der Waals surface area contributed by atoms with Gasteiger partial charge in [0.15, 0.2) is 5.65 Å². The van der Waals surface area contributed by atoms with Crippen LogP contribution in [0.5, 0.6) is 0 Å². The first-order chi connectivity index (χ1) is 8.70. The molecule has 2 rings (SSSR count). The van der Waals surface area contributed by atoms with Gasteiger partial charge in [-0.2, -0.15) is 4.98 Å². The molecule has 96 valence electrons. The fourth-order valence-corrected chi connectivity index (χ4v) is 1.86. The first-order valence-corrected chi connectivity index (χ1v) is 6.51. The lowest BCUT2D eigenvalue weighted by molar-refractivity contribution is -0.119. The molecule has 1 amide bonds. The SMILES string of the molecule is CCCNC(=O)CNc1nc2c(Br)cccn2n1. The van der Waals surface area contributed by atoms with Gasteiger partial charge in [-0.1, -0.05) is 6.92 Å². The van der Waals surface area contributed by atoms with Crippen LogP contribution in [-0.4, -0.2) is 33.6 Å². The highest BCUT2D eigenvalue weighted by molar-refractivity contribution is 9.10. The van der Waals surface area contributed by atoms with Gasteiger partial charge in [-0.3, -0.25) is 4.79 Å². The number of fused-ring (bicyclic) bond motifs is 1. The second-order valence-corrected chi connectivity index (χ2v) is 4.62. The summed E-state index contributed by atoms with van der Waals surface area (Å²) < 4.78 is 2.51. The maximum absolute atomic E-state index is 11.4. The fourth-order valence-electron chi connectivity index (χ4n) is 1.43. The molecule has 18 heavy (non-hydrogen) atoms. The van der Waals surface area contributed by atoms with E-state index in [-0.39, 0.29) is 12.5 Å². The molecule has 6 nitrogen and oxygen atoms in total. The zero-order valence-electron chi connectivity index (χ0n) is 9.98. The quantitative estimate of drug-likeness (QED) is 0.876. The number of aromatic nitrogens is 3. The summed E-state index contributed by atoms with van der Waals surface area (Å²) in [7, 11) is 0. The van der Waals surface area contributed by atoms with Gasteiger partial charge in [0.25, 0.3) is 0 Å². The third-order valence-electron chi connectivity index (χ3n) is 2.29. The van der Waals surface area contributed by atoms with E-state index in [1.807, 2.05) is 19.1 Å². The van der Waals surface area contributed by atoms with E-state index in [0.717, 1.165) is 10.9 Å². The van der Waals surface area contributed by atoms with Crippen molar-refractivity contribution < 1.29 is 4.79 Å². The molecule has 0 bridgehead atoms. The Morgan fingerprint density at radius 1 is 1.56 bits per heavy atom. The molecule has 2 aromatic rings. The summed E-state index contributed by atoms with van der Waals surface area (Å²) in [5, 5.41) is 9.88. The molecule has 2 aromatic heterocycles. The van der Waals surface area contributed by atoms with E-state index < -0.39 is 0 Å². The van der Waals surface area contributed by atoms with Crippen molar-refractivity contribution in [3.8, 4) is 0 Å². The monoisotopic (exact) mass is 311 g/mol. The molecule has 0 atom stereocenters. The van der Waals surface area contributed by atoms with E-state index in [0.29, 0.717) is 18.1 Å². The zero-order valence-corrected chi connectivity index (χ0v) is 11.6. The van der Waals surface area contributed by atoms with Gasteiger partial charge in [0.1, 0.15) is 0 Å². The summed E-state index contributed by atoms with van der Waals surface area (Å²) in [4.78, 5) is 15.7. The molecular formula is C11H14BrN5O. The molecule has 0 spiro atoms. The van der Waals surface area contributed by atoms with Crippen LogP contribution in [0.15, 0.2) is 22.8 Å². The highest BCUT2D eigenvalue weighted by atomic mass is 79.9.